The van der Waals surface area contributed by atoms with Crippen LogP contribution in [0.3, 0.4) is 0 Å². The molecule has 5 rings (SSSR count). The van der Waals surface area contributed by atoms with Gasteiger partial charge in [-0.1, -0.05) is 36.4 Å². The van der Waals surface area contributed by atoms with Crippen LogP contribution in [0, 0.1) is 0 Å². The van der Waals surface area contributed by atoms with Crippen molar-refractivity contribution in [3.63, 3.8) is 0 Å². The van der Waals surface area contributed by atoms with Gasteiger partial charge < -0.3 is 19.0 Å². The number of imidazole rings is 2. The van der Waals surface area contributed by atoms with Crippen LogP contribution in [0.15, 0.2) is 85.2 Å². The maximum atomic E-state index is 12.7. The molecule has 3 heterocycles. The third-order valence-electron chi connectivity index (χ3n) is 5.26. The van der Waals surface area contributed by atoms with Crippen LogP contribution in [0.25, 0.3) is 16.7 Å². The number of ether oxygens (including phenoxy) is 1. The van der Waals surface area contributed by atoms with Gasteiger partial charge in [-0.05, 0) is 36.4 Å². The molecule has 5 aromatic rings. The molecule has 0 unspecified atom stereocenters. The normalized spacial score (nSPS) is 11.1. The lowest BCUT2D eigenvalue weighted by Gasteiger charge is -2.11. The van der Waals surface area contributed by atoms with E-state index in [4.69, 9.17) is 4.74 Å². The van der Waals surface area contributed by atoms with Gasteiger partial charge in [0.1, 0.15) is 30.4 Å². The third-order valence-corrected chi connectivity index (χ3v) is 5.26. The number of hydrogen-bond donors (Lipinski definition) is 1. The second-order valence-electron chi connectivity index (χ2n) is 7.50. The molecule has 0 aliphatic heterocycles. The molecule has 3 aromatic heterocycles. The lowest BCUT2D eigenvalue weighted by atomic mass is 10.3. The zero-order valence-corrected chi connectivity index (χ0v) is 17.5. The first kappa shape index (κ1) is 19.8. The van der Waals surface area contributed by atoms with Gasteiger partial charge in [0.15, 0.2) is 0 Å². The van der Waals surface area contributed by atoms with E-state index in [1.165, 1.54) is 0 Å². The van der Waals surface area contributed by atoms with Crippen molar-refractivity contribution in [3.8, 4) is 5.75 Å². The van der Waals surface area contributed by atoms with Crippen molar-refractivity contribution in [3.05, 3.63) is 96.7 Å². The number of carbonyl (C=O) groups excluding carboxylic acids is 1. The van der Waals surface area contributed by atoms with Gasteiger partial charge in [0.05, 0.1) is 16.7 Å². The molecular weight excluding hydrogens is 402 g/mol. The lowest BCUT2D eigenvalue weighted by Crippen LogP contribution is -2.30. The highest BCUT2D eigenvalue weighted by atomic mass is 16.5. The van der Waals surface area contributed by atoms with Crippen LogP contribution in [0.4, 0.5) is 0 Å². The summed E-state index contributed by atoms with van der Waals surface area (Å²) in [5.74, 6) is 1.41. The topological polar surface area (TPSA) is 73.5 Å². The van der Waals surface area contributed by atoms with E-state index in [0.29, 0.717) is 18.8 Å². The molecule has 0 bridgehead atoms. The van der Waals surface area contributed by atoms with E-state index in [1.807, 2.05) is 94.2 Å². The van der Waals surface area contributed by atoms with Crippen LogP contribution in [0.5, 0.6) is 5.75 Å². The molecule has 160 valence electrons. The van der Waals surface area contributed by atoms with Gasteiger partial charge in [0.25, 0.3) is 0 Å². The highest BCUT2D eigenvalue weighted by Crippen LogP contribution is 2.18. The molecule has 32 heavy (non-hydrogen) atoms. The number of nitrogens with one attached hydrogen (secondary N) is 1. The van der Waals surface area contributed by atoms with Crippen molar-refractivity contribution in [1.82, 2.24) is 24.3 Å². The van der Waals surface area contributed by atoms with Crippen LogP contribution >= 0.6 is 0 Å². The SMILES string of the molecule is O=C(Cn1c(COc2ccccc2)nc2ccccc21)NCCc1cn2ccccc2n1. The van der Waals surface area contributed by atoms with Crippen molar-refractivity contribution in [2.75, 3.05) is 6.54 Å². The third kappa shape index (κ3) is 4.32. The Balaban J connectivity index is 1.25. The summed E-state index contributed by atoms with van der Waals surface area (Å²) in [6, 6.07) is 23.3. The summed E-state index contributed by atoms with van der Waals surface area (Å²) < 4.78 is 9.78. The monoisotopic (exact) mass is 425 g/mol. The maximum Gasteiger partial charge on any atom is 0.240 e. The molecule has 7 nitrogen and oxygen atoms in total. The molecule has 0 atom stereocenters. The zero-order chi connectivity index (χ0) is 21.8. The van der Waals surface area contributed by atoms with Gasteiger partial charge in [-0.15, -0.1) is 0 Å². The predicted molar refractivity (Wildman–Crippen MR) is 122 cm³/mol. The summed E-state index contributed by atoms with van der Waals surface area (Å²) in [7, 11) is 0. The van der Waals surface area contributed by atoms with E-state index in [-0.39, 0.29) is 19.1 Å². The molecule has 0 aliphatic rings. The van der Waals surface area contributed by atoms with Gasteiger partial charge in [-0.3, -0.25) is 4.79 Å². The number of para-hydroxylation sites is 3. The van der Waals surface area contributed by atoms with Crippen LogP contribution < -0.4 is 10.1 Å². The van der Waals surface area contributed by atoms with Crippen LogP contribution in [0.2, 0.25) is 0 Å². The number of amides is 1. The predicted octanol–water partition coefficient (Wildman–Crippen LogP) is 3.62. The van der Waals surface area contributed by atoms with Gasteiger partial charge in [0.2, 0.25) is 5.91 Å². The van der Waals surface area contributed by atoms with Gasteiger partial charge in [-0.25, -0.2) is 9.97 Å². The van der Waals surface area contributed by atoms with Gasteiger partial charge in [0, 0.05) is 25.4 Å². The van der Waals surface area contributed by atoms with Crippen molar-refractivity contribution >= 4 is 22.6 Å². The largest absolute Gasteiger partial charge is 0.486 e. The van der Waals surface area contributed by atoms with Crippen molar-refractivity contribution < 1.29 is 9.53 Å². The minimum Gasteiger partial charge on any atom is -0.486 e. The first-order valence-corrected chi connectivity index (χ1v) is 10.6. The molecule has 1 amide bonds. The number of rotatable bonds is 8. The molecule has 0 radical (unpaired) electrons. The summed E-state index contributed by atoms with van der Waals surface area (Å²) in [6.45, 7) is 0.984. The van der Waals surface area contributed by atoms with Crippen LogP contribution in [-0.2, 0) is 24.4 Å². The quantitative estimate of drug-likeness (QED) is 0.412. The summed E-state index contributed by atoms with van der Waals surface area (Å²) in [5, 5.41) is 3.00. The van der Waals surface area contributed by atoms with Crippen molar-refractivity contribution in [2.45, 2.75) is 19.6 Å². The molecular formula is C25H23N5O2. The van der Waals surface area contributed by atoms with E-state index in [2.05, 4.69) is 15.3 Å². The minimum atomic E-state index is -0.0714. The second-order valence-corrected chi connectivity index (χ2v) is 7.50. The fourth-order valence-corrected chi connectivity index (χ4v) is 3.71. The molecule has 0 saturated heterocycles. The van der Waals surface area contributed by atoms with E-state index < -0.39 is 0 Å². The van der Waals surface area contributed by atoms with E-state index in [1.54, 1.807) is 0 Å². The first-order chi connectivity index (χ1) is 15.8. The standard InChI is InChI=1S/C25H23N5O2/c31-25(26-14-13-19-16-29-15-7-6-12-23(29)27-19)17-30-22-11-5-4-10-21(22)28-24(30)18-32-20-8-2-1-3-9-20/h1-12,15-16H,13-14,17-18H2,(H,26,31). The molecule has 7 heteroatoms. The smallest absolute Gasteiger partial charge is 0.240 e. The second kappa shape index (κ2) is 8.93. The molecule has 1 N–H and O–H groups in total. The Labute approximate surface area is 185 Å². The summed E-state index contributed by atoms with van der Waals surface area (Å²) >= 11 is 0. The Morgan fingerprint density at radius 1 is 0.938 bits per heavy atom. The van der Waals surface area contributed by atoms with Crippen LogP contribution in [-0.4, -0.2) is 31.4 Å². The Morgan fingerprint density at radius 2 is 1.75 bits per heavy atom. The Bertz CT molecular complexity index is 1320. The van der Waals surface area contributed by atoms with Crippen LogP contribution in [0.1, 0.15) is 11.5 Å². The molecule has 0 fully saturated rings. The van der Waals surface area contributed by atoms with Crippen molar-refractivity contribution in [1.29, 1.82) is 0 Å². The van der Waals surface area contributed by atoms with Gasteiger partial charge >= 0.3 is 0 Å². The average Bonchev–Trinajstić information content (AvgIpc) is 3.39. The van der Waals surface area contributed by atoms with E-state index in [0.717, 1.165) is 28.1 Å². The Hall–Kier alpha value is -4.13. The van der Waals surface area contributed by atoms with E-state index >= 15 is 0 Å². The summed E-state index contributed by atoms with van der Waals surface area (Å²) in [5.41, 5.74) is 3.61. The highest BCUT2D eigenvalue weighted by molar-refractivity contribution is 5.81. The number of fused-ring (bicyclic) bond motifs is 2. The Kier molecular flexibility index (Phi) is 5.53. The fourth-order valence-electron chi connectivity index (χ4n) is 3.71. The Morgan fingerprint density at radius 3 is 2.62 bits per heavy atom. The zero-order valence-electron chi connectivity index (χ0n) is 17.5. The van der Waals surface area contributed by atoms with E-state index in [9.17, 15) is 4.79 Å². The number of aromatic nitrogens is 4. The number of pyridine rings is 1. The first-order valence-electron chi connectivity index (χ1n) is 10.6. The lowest BCUT2D eigenvalue weighted by molar-refractivity contribution is -0.121. The summed E-state index contributed by atoms with van der Waals surface area (Å²) in [6.07, 6.45) is 4.62. The van der Waals surface area contributed by atoms with Crippen molar-refractivity contribution in [2.24, 2.45) is 0 Å². The fraction of sp³-hybridized carbons (Fsp3) is 0.160. The maximum absolute atomic E-state index is 12.7. The molecule has 0 aliphatic carbocycles. The molecule has 0 spiro atoms. The number of nitrogens with zero attached hydrogens (tertiary/aromatic N) is 4. The number of hydrogen-bond acceptors (Lipinski definition) is 4. The minimum absolute atomic E-state index is 0.0714. The number of benzene rings is 2. The molecule has 0 saturated carbocycles. The average molecular weight is 425 g/mol. The highest BCUT2D eigenvalue weighted by Gasteiger charge is 2.14. The molecule has 2 aromatic carbocycles. The van der Waals surface area contributed by atoms with Gasteiger partial charge in [-0.2, -0.15) is 0 Å². The summed E-state index contributed by atoms with van der Waals surface area (Å²) in [4.78, 5) is 22.0. The number of carbonyl (C=O) groups is 1.